The number of aliphatic hydroxyl groups excluding tert-OH is 2. The molecule has 1 fully saturated rings. The molecule has 182 valence electrons. The quantitative estimate of drug-likeness (QED) is 0.150. The van der Waals surface area contributed by atoms with Crippen molar-refractivity contribution < 1.29 is 38.2 Å². The van der Waals surface area contributed by atoms with Crippen LogP contribution >= 0.6 is 0 Å². The zero-order valence-corrected chi connectivity index (χ0v) is 20.0. The van der Waals surface area contributed by atoms with Crippen molar-refractivity contribution in [1.29, 1.82) is 0 Å². The number of piperazine rings is 1. The first-order valence-electron chi connectivity index (χ1n) is 11.7. The summed E-state index contributed by atoms with van der Waals surface area (Å²) in [7, 11) is 4.38. The van der Waals surface area contributed by atoms with Gasteiger partial charge in [-0.05, 0) is 19.3 Å². The average molecular weight is 447 g/mol. The van der Waals surface area contributed by atoms with Crippen molar-refractivity contribution in [3.05, 3.63) is 12.7 Å². The van der Waals surface area contributed by atoms with Crippen LogP contribution in [0.4, 0.5) is 0 Å². The summed E-state index contributed by atoms with van der Waals surface area (Å²) in [6.07, 6.45) is 3.87. The number of carbonyl (C=O) groups is 1. The normalized spacial score (nSPS) is 25.7. The lowest BCUT2D eigenvalue weighted by Crippen LogP contribution is -2.66. The molecular formula is C23H46N2O6+2. The molecule has 1 aliphatic rings. The molecule has 1 rings (SSSR count). The number of hydrogen-bond acceptors (Lipinski definition) is 6. The molecule has 2 N–H and O–H groups in total. The molecule has 0 aromatic rings. The molecule has 8 nitrogen and oxygen atoms in total. The van der Waals surface area contributed by atoms with Crippen molar-refractivity contribution in [2.75, 3.05) is 86.4 Å². The lowest BCUT2D eigenvalue weighted by Gasteiger charge is -2.47. The molecule has 31 heavy (non-hydrogen) atoms. The highest BCUT2D eigenvalue weighted by atomic mass is 16.5. The van der Waals surface area contributed by atoms with Gasteiger partial charge in [0.1, 0.15) is 51.5 Å². The lowest BCUT2D eigenvalue weighted by molar-refractivity contribution is -1.02. The standard InChI is InChI=1S/C23H46N2O6/c1-5-7-14-29-19-21(26)17-24(3)10-12-25(4,13-11-24)18-22(27)20-30-15-8-9-16-31-23(28)6-2/h6,21-22,26-27H,2,5,7-20H2,1,3-4H3/q+2. The summed E-state index contributed by atoms with van der Waals surface area (Å²) in [6.45, 7) is 13.1. The topological polar surface area (TPSA) is 85.2 Å². The van der Waals surface area contributed by atoms with Gasteiger partial charge < -0.3 is 33.4 Å². The number of rotatable bonds is 17. The Morgan fingerprint density at radius 3 is 1.81 bits per heavy atom. The number of hydrogen-bond donors (Lipinski definition) is 2. The molecule has 0 bridgehead atoms. The fraction of sp³-hybridized carbons (Fsp3) is 0.870. The van der Waals surface area contributed by atoms with E-state index in [2.05, 4.69) is 27.6 Å². The molecule has 0 aliphatic carbocycles. The van der Waals surface area contributed by atoms with Crippen LogP contribution in [0.15, 0.2) is 12.7 Å². The summed E-state index contributed by atoms with van der Waals surface area (Å²) in [4.78, 5) is 10.9. The van der Waals surface area contributed by atoms with Gasteiger partial charge in [-0.1, -0.05) is 19.9 Å². The van der Waals surface area contributed by atoms with Gasteiger partial charge in [0, 0.05) is 19.3 Å². The summed E-state index contributed by atoms with van der Waals surface area (Å²) >= 11 is 0. The summed E-state index contributed by atoms with van der Waals surface area (Å²) in [5.41, 5.74) is 0. The van der Waals surface area contributed by atoms with E-state index in [-0.39, 0.29) is 0 Å². The first-order chi connectivity index (χ1) is 14.7. The molecule has 1 saturated heterocycles. The number of quaternary nitrogens is 2. The molecule has 0 saturated carbocycles. The van der Waals surface area contributed by atoms with Crippen molar-refractivity contribution >= 4 is 5.97 Å². The zero-order valence-electron chi connectivity index (χ0n) is 20.0. The maximum absolute atomic E-state index is 10.9. The van der Waals surface area contributed by atoms with Crippen LogP contribution in [0.1, 0.15) is 32.6 Å². The van der Waals surface area contributed by atoms with Crippen LogP contribution in [0.5, 0.6) is 0 Å². The highest BCUT2D eigenvalue weighted by Gasteiger charge is 2.39. The number of carbonyl (C=O) groups excluding carboxylic acids is 1. The third-order valence-electron chi connectivity index (χ3n) is 6.02. The van der Waals surface area contributed by atoms with Crippen LogP contribution in [0, 0.1) is 0 Å². The van der Waals surface area contributed by atoms with Crippen molar-refractivity contribution in [1.82, 2.24) is 0 Å². The molecule has 1 heterocycles. The summed E-state index contributed by atoms with van der Waals surface area (Å²) in [5, 5.41) is 20.7. The molecule has 2 unspecified atom stereocenters. The van der Waals surface area contributed by atoms with E-state index in [1.807, 2.05) is 0 Å². The van der Waals surface area contributed by atoms with E-state index in [9.17, 15) is 15.0 Å². The van der Waals surface area contributed by atoms with E-state index in [0.717, 1.165) is 73.5 Å². The highest BCUT2D eigenvalue weighted by molar-refractivity contribution is 5.81. The van der Waals surface area contributed by atoms with E-state index in [4.69, 9.17) is 14.2 Å². The van der Waals surface area contributed by atoms with Crippen molar-refractivity contribution in [2.45, 2.75) is 44.8 Å². The predicted molar refractivity (Wildman–Crippen MR) is 121 cm³/mol. The van der Waals surface area contributed by atoms with E-state index in [1.165, 1.54) is 0 Å². The largest absolute Gasteiger partial charge is 0.463 e. The van der Waals surface area contributed by atoms with Crippen LogP contribution < -0.4 is 0 Å². The Bertz CT molecular complexity index is 508. The third-order valence-corrected chi connectivity index (χ3v) is 6.02. The smallest absolute Gasteiger partial charge is 0.330 e. The van der Waals surface area contributed by atoms with Crippen molar-refractivity contribution in [3.8, 4) is 0 Å². The first-order valence-corrected chi connectivity index (χ1v) is 11.7. The van der Waals surface area contributed by atoms with Gasteiger partial charge in [0.2, 0.25) is 0 Å². The molecule has 0 radical (unpaired) electrons. The van der Waals surface area contributed by atoms with Gasteiger partial charge in [0.15, 0.2) is 0 Å². The molecule has 0 aromatic carbocycles. The molecule has 0 spiro atoms. The minimum Gasteiger partial charge on any atom is -0.463 e. The molecule has 1 aliphatic heterocycles. The Hall–Kier alpha value is -1.03. The van der Waals surface area contributed by atoms with Crippen LogP contribution in [0.3, 0.4) is 0 Å². The third kappa shape index (κ3) is 12.6. The van der Waals surface area contributed by atoms with Crippen LogP contribution in [0.2, 0.25) is 0 Å². The Morgan fingerprint density at radius 2 is 1.35 bits per heavy atom. The fourth-order valence-corrected chi connectivity index (χ4v) is 3.90. The molecular weight excluding hydrogens is 400 g/mol. The van der Waals surface area contributed by atoms with E-state index >= 15 is 0 Å². The van der Waals surface area contributed by atoms with Gasteiger partial charge in [-0.25, -0.2) is 4.79 Å². The number of aliphatic hydroxyl groups is 2. The van der Waals surface area contributed by atoms with Crippen LogP contribution in [0.25, 0.3) is 0 Å². The number of ether oxygens (including phenoxy) is 3. The second-order valence-electron chi connectivity index (χ2n) is 9.39. The lowest BCUT2D eigenvalue weighted by atomic mass is 10.1. The van der Waals surface area contributed by atoms with Gasteiger partial charge in [0.05, 0.1) is 33.9 Å². The maximum atomic E-state index is 10.9. The number of nitrogens with zero attached hydrogens (tertiary/aromatic N) is 2. The van der Waals surface area contributed by atoms with Crippen LogP contribution in [-0.2, 0) is 19.0 Å². The number of likely N-dealkylation sites (N-methyl/N-ethyl adjacent to an activating group) is 2. The molecule has 0 amide bonds. The van der Waals surface area contributed by atoms with Crippen LogP contribution in [-0.4, -0.2) is 124 Å². The minimum atomic E-state index is -0.502. The Kier molecular flexibility index (Phi) is 13.5. The van der Waals surface area contributed by atoms with Gasteiger partial charge in [-0.3, -0.25) is 0 Å². The maximum Gasteiger partial charge on any atom is 0.330 e. The van der Waals surface area contributed by atoms with Gasteiger partial charge in [-0.15, -0.1) is 0 Å². The zero-order chi connectivity index (χ0) is 23.2. The predicted octanol–water partition coefficient (Wildman–Crippen LogP) is 0.958. The highest BCUT2D eigenvalue weighted by Crippen LogP contribution is 2.17. The van der Waals surface area contributed by atoms with E-state index in [0.29, 0.717) is 39.5 Å². The van der Waals surface area contributed by atoms with Gasteiger partial charge in [-0.2, -0.15) is 0 Å². The number of esters is 1. The first kappa shape index (κ1) is 28.0. The molecule has 2 atom stereocenters. The second-order valence-corrected chi connectivity index (χ2v) is 9.39. The SMILES string of the molecule is C=CC(=O)OCCCCOCC(O)C[N+]1(C)CC[N+](C)(CC(O)COCCCC)CC1. The summed E-state index contributed by atoms with van der Waals surface area (Å²) < 4.78 is 17.7. The number of unbranched alkanes of at least 4 members (excludes halogenated alkanes) is 2. The van der Waals surface area contributed by atoms with Gasteiger partial charge >= 0.3 is 5.97 Å². The Balaban J connectivity index is 2.19. The van der Waals surface area contributed by atoms with Crippen molar-refractivity contribution in [2.24, 2.45) is 0 Å². The Morgan fingerprint density at radius 1 is 0.903 bits per heavy atom. The van der Waals surface area contributed by atoms with Crippen molar-refractivity contribution in [3.63, 3.8) is 0 Å². The monoisotopic (exact) mass is 446 g/mol. The van der Waals surface area contributed by atoms with Gasteiger partial charge in [0.25, 0.3) is 0 Å². The Labute approximate surface area is 188 Å². The molecule has 8 heteroatoms. The molecule has 0 aromatic heterocycles. The minimum absolute atomic E-state index is 0.320. The van der Waals surface area contributed by atoms with E-state index in [1.54, 1.807) is 0 Å². The summed E-state index contributed by atoms with van der Waals surface area (Å²) in [6, 6.07) is 0. The summed E-state index contributed by atoms with van der Waals surface area (Å²) in [5.74, 6) is -0.403. The van der Waals surface area contributed by atoms with E-state index < -0.39 is 18.2 Å². The average Bonchev–Trinajstić information content (AvgIpc) is 2.73. The second kappa shape index (κ2) is 14.9. The fourth-order valence-electron chi connectivity index (χ4n) is 3.90.